The number of benzene rings is 2. The van der Waals surface area contributed by atoms with Crippen molar-refractivity contribution >= 4 is 28.3 Å². The Kier molecular flexibility index (Phi) is 7.13. The second kappa shape index (κ2) is 11.2. The summed E-state index contributed by atoms with van der Waals surface area (Å²) in [5.74, 6) is 0.275. The Morgan fingerprint density at radius 1 is 1.02 bits per heavy atom. The Morgan fingerprint density at radius 3 is 2.67 bits per heavy atom. The van der Waals surface area contributed by atoms with E-state index in [-0.39, 0.29) is 5.91 Å². The molecule has 1 amide bonds. The molecule has 10 nitrogen and oxygen atoms in total. The van der Waals surface area contributed by atoms with Gasteiger partial charge in [-0.2, -0.15) is 5.10 Å². The van der Waals surface area contributed by atoms with Crippen LogP contribution in [0.1, 0.15) is 34.1 Å². The molecule has 4 aromatic heterocycles. The molecule has 0 saturated heterocycles. The summed E-state index contributed by atoms with van der Waals surface area (Å²) in [5.41, 5.74) is 9.17. The molecule has 2 aromatic carbocycles. The van der Waals surface area contributed by atoms with Crippen molar-refractivity contribution < 1.29 is 4.79 Å². The van der Waals surface area contributed by atoms with Gasteiger partial charge in [0.15, 0.2) is 5.82 Å². The minimum absolute atomic E-state index is 0.244. The van der Waals surface area contributed by atoms with E-state index in [9.17, 15) is 4.79 Å². The van der Waals surface area contributed by atoms with Crippen LogP contribution in [0.15, 0.2) is 66.4 Å². The average Bonchev–Trinajstić information content (AvgIpc) is 3.76. The smallest absolute Gasteiger partial charge is 0.269 e. The largest absolute Gasteiger partial charge is 0.347 e. The van der Waals surface area contributed by atoms with E-state index >= 15 is 0 Å². The molecule has 40 heavy (non-hydrogen) atoms. The third kappa shape index (κ3) is 5.12. The zero-order valence-electron chi connectivity index (χ0n) is 22.0. The number of rotatable bonds is 9. The maximum atomic E-state index is 12.9. The van der Waals surface area contributed by atoms with Crippen LogP contribution in [0, 0.1) is 6.92 Å². The monoisotopic (exact) mass is 549 g/mol. The van der Waals surface area contributed by atoms with Gasteiger partial charge in [-0.25, -0.2) is 4.98 Å². The molecule has 11 heteroatoms. The molecule has 0 radical (unpaired) electrons. The average molecular weight is 550 g/mol. The molecule has 0 fully saturated rings. The van der Waals surface area contributed by atoms with Crippen molar-refractivity contribution in [2.45, 2.75) is 26.9 Å². The molecular formula is C29H27N9OS. The van der Waals surface area contributed by atoms with Crippen LogP contribution in [0.4, 0.5) is 0 Å². The van der Waals surface area contributed by atoms with Crippen LogP contribution in [-0.2, 0) is 13.1 Å². The van der Waals surface area contributed by atoms with Gasteiger partial charge < -0.3 is 15.6 Å². The molecule has 0 atom stereocenters. The van der Waals surface area contributed by atoms with Gasteiger partial charge in [0.25, 0.3) is 5.91 Å². The molecule has 0 aliphatic rings. The van der Waals surface area contributed by atoms with Gasteiger partial charge in [0.2, 0.25) is 0 Å². The summed E-state index contributed by atoms with van der Waals surface area (Å²) in [6, 6.07) is 14.0. The van der Waals surface area contributed by atoms with E-state index in [1.54, 1.807) is 0 Å². The van der Waals surface area contributed by atoms with Gasteiger partial charge in [-0.15, -0.1) is 5.10 Å². The maximum Gasteiger partial charge on any atom is 0.269 e. The first kappa shape index (κ1) is 25.5. The van der Waals surface area contributed by atoms with Crippen molar-refractivity contribution in [2.75, 3.05) is 6.54 Å². The molecule has 4 N–H and O–H groups in total. The van der Waals surface area contributed by atoms with E-state index in [4.69, 9.17) is 0 Å². The highest BCUT2D eigenvalue weighted by atomic mass is 32.1. The fraction of sp³-hybridized carbons (Fsp3) is 0.172. The lowest BCUT2D eigenvalue weighted by Crippen LogP contribution is -2.23. The number of imidazole rings is 1. The van der Waals surface area contributed by atoms with Gasteiger partial charge in [-0.05, 0) is 59.4 Å². The molecule has 0 spiro atoms. The van der Waals surface area contributed by atoms with Crippen molar-refractivity contribution in [3.63, 3.8) is 0 Å². The molecule has 200 valence electrons. The summed E-state index contributed by atoms with van der Waals surface area (Å²) < 4.78 is 3.90. The second-order valence-electron chi connectivity index (χ2n) is 9.40. The van der Waals surface area contributed by atoms with Gasteiger partial charge in [0.1, 0.15) is 17.1 Å². The molecular weight excluding hydrogens is 522 g/mol. The molecule has 6 rings (SSSR count). The summed E-state index contributed by atoms with van der Waals surface area (Å²) in [6.07, 6.45) is 5.34. The van der Waals surface area contributed by atoms with Gasteiger partial charge in [-0.1, -0.05) is 41.7 Å². The molecule has 0 aliphatic carbocycles. The Morgan fingerprint density at radius 2 is 1.88 bits per heavy atom. The first-order valence-corrected chi connectivity index (χ1v) is 13.8. The van der Waals surface area contributed by atoms with Crippen molar-refractivity contribution in [1.82, 2.24) is 45.4 Å². The highest BCUT2D eigenvalue weighted by Gasteiger charge is 2.16. The highest BCUT2D eigenvalue weighted by Crippen LogP contribution is 2.31. The number of carbonyl (C=O) groups excluding carboxylic acids is 1. The zero-order valence-corrected chi connectivity index (χ0v) is 22.8. The van der Waals surface area contributed by atoms with Crippen molar-refractivity contribution in [3.8, 4) is 33.9 Å². The fourth-order valence-corrected chi connectivity index (χ4v) is 5.04. The number of aromatic amines is 2. The molecule has 0 aliphatic heterocycles. The van der Waals surface area contributed by atoms with Gasteiger partial charge in [-0.3, -0.25) is 14.9 Å². The summed E-state index contributed by atoms with van der Waals surface area (Å²) in [7, 11) is 0. The van der Waals surface area contributed by atoms with Crippen molar-refractivity contribution in [3.05, 3.63) is 88.8 Å². The fourth-order valence-electron chi connectivity index (χ4n) is 4.58. The number of amides is 1. The van der Waals surface area contributed by atoms with E-state index in [0.717, 1.165) is 51.9 Å². The third-order valence-electron chi connectivity index (χ3n) is 6.87. The molecule has 6 aromatic rings. The Balaban J connectivity index is 1.19. The molecule has 4 heterocycles. The Labute approximate surface area is 234 Å². The van der Waals surface area contributed by atoms with Crippen LogP contribution in [0.3, 0.4) is 0 Å². The number of aromatic nitrogens is 7. The molecule has 0 saturated carbocycles. The number of hydrogen-bond donors (Lipinski definition) is 4. The van der Waals surface area contributed by atoms with E-state index in [1.807, 2.05) is 48.1 Å². The lowest BCUT2D eigenvalue weighted by molar-refractivity contribution is 0.0946. The second-order valence-corrected chi connectivity index (χ2v) is 10.0. The number of H-pyrrole nitrogens is 2. The minimum atomic E-state index is -0.244. The number of hydrogen-bond acceptors (Lipinski definition) is 8. The van der Waals surface area contributed by atoms with Crippen molar-refractivity contribution in [1.29, 1.82) is 0 Å². The number of nitrogens with one attached hydrogen (secondary N) is 4. The Hall–Kier alpha value is -4.74. The van der Waals surface area contributed by atoms with E-state index in [1.165, 1.54) is 28.9 Å². The Bertz CT molecular complexity index is 1770. The number of fused-ring (bicyclic) bond motifs is 1. The van der Waals surface area contributed by atoms with E-state index in [2.05, 4.69) is 71.4 Å². The van der Waals surface area contributed by atoms with Crippen molar-refractivity contribution in [2.24, 2.45) is 0 Å². The number of pyridine rings is 1. The van der Waals surface area contributed by atoms with Gasteiger partial charge >= 0.3 is 0 Å². The predicted octanol–water partition coefficient (Wildman–Crippen LogP) is 4.88. The summed E-state index contributed by atoms with van der Waals surface area (Å²) >= 11 is 1.32. The summed E-state index contributed by atoms with van der Waals surface area (Å²) in [5, 5.41) is 20.8. The van der Waals surface area contributed by atoms with Crippen LogP contribution >= 0.6 is 11.5 Å². The normalized spacial score (nSPS) is 11.2. The first-order chi connectivity index (χ1) is 19.6. The number of nitrogens with zero attached hydrogens (tertiary/aromatic N) is 5. The zero-order chi connectivity index (χ0) is 27.5. The van der Waals surface area contributed by atoms with Gasteiger partial charge in [0, 0.05) is 47.4 Å². The quantitative estimate of drug-likeness (QED) is 0.202. The standard InChI is InChI=1S/C29H27N9OS/c1-3-30-12-21-13-31-14-23(17(21)2)20-8-9-24-22(10-20)27(37-35-24)28-32-15-25(34-28)29(39)33-11-18-4-6-19(7-5-18)26-16-40-38-36-26/h4-10,13-16,30H,3,11-12H2,1-2H3,(H,32,34)(H,33,39)(H,35,37). The van der Waals surface area contributed by atoms with Gasteiger partial charge in [0.05, 0.1) is 11.7 Å². The summed E-state index contributed by atoms with van der Waals surface area (Å²) in [4.78, 5) is 24.9. The van der Waals surface area contributed by atoms with E-state index in [0.29, 0.717) is 23.8 Å². The predicted molar refractivity (Wildman–Crippen MR) is 156 cm³/mol. The minimum Gasteiger partial charge on any atom is -0.347 e. The van der Waals surface area contributed by atoms with Crippen LogP contribution in [0.2, 0.25) is 0 Å². The number of carbonyl (C=O) groups is 1. The van der Waals surface area contributed by atoms with Crippen LogP contribution in [0.5, 0.6) is 0 Å². The lowest BCUT2D eigenvalue weighted by Gasteiger charge is -2.11. The molecule has 0 bridgehead atoms. The topological polar surface area (TPSA) is 137 Å². The van der Waals surface area contributed by atoms with Crippen LogP contribution in [-0.4, -0.2) is 47.2 Å². The van der Waals surface area contributed by atoms with E-state index < -0.39 is 0 Å². The van der Waals surface area contributed by atoms with Crippen LogP contribution in [0.25, 0.3) is 44.8 Å². The highest BCUT2D eigenvalue weighted by molar-refractivity contribution is 7.03. The first-order valence-electron chi connectivity index (χ1n) is 12.9. The third-order valence-corrected chi connectivity index (χ3v) is 7.37. The lowest BCUT2D eigenvalue weighted by atomic mass is 9.98. The summed E-state index contributed by atoms with van der Waals surface area (Å²) in [6.45, 7) is 6.27. The molecule has 0 unspecified atom stereocenters. The SMILES string of the molecule is CCNCc1cncc(-c2ccc3[nH]nc(-c4ncc(C(=O)NCc5ccc(-c6csnn6)cc5)[nH]4)c3c2)c1C. The van der Waals surface area contributed by atoms with Crippen LogP contribution < -0.4 is 10.6 Å². The maximum absolute atomic E-state index is 12.9.